The maximum absolute atomic E-state index is 12.2. The molecule has 5 aliphatic heterocycles. The number of aliphatic hydroxyl groups excluding tert-OH is 2. The molecule has 0 amide bonds. The Labute approximate surface area is 720 Å². The third-order valence-electron chi connectivity index (χ3n) is 22.6. The van der Waals surface area contributed by atoms with Gasteiger partial charge in [-0.05, 0) is 339 Å². The number of halogens is 3. The molecule has 2 atom stereocenters. The zero-order valence-corrected chi connectivity index (χ0v) is 73.7. The van der Waals surface area contributed by atoms with Crippen molar-refractivity contribution in [1.82, 2.24) is 0 Å². The van der Waals surface area contributed by atoms with Crippen LogP contribution in [0.2, 0.25) is 0 Å². The average molecular weight is 1700 g/mol. The van der Waals surface area contributed by atoms with E-state index >= 15 is 0 Å². The molecule has 0 radical (unpaired) electrons. The highest BCUT2D eigenvalue weighted by Gasteiger charge is 2.52. The summed E-state index contributed by atoms with van der Waals surface area (Å²) < 4.78 is 102. The van der Waals surface area contributed by atoms with Crippen LogP contribution in [0.5, 0.6) is 40.2 Å². The zero-order chi connectivity index (χ0) is 90.2. The summed E-state index contributed by atoms with van der Waals surface area (Å²) in [5.41, 5.74) is 18.2. The fourth-order valence-corrected chi connectivity index (χ4v) is 15.3. The van der Waals surface area contributed by atoms with E-state index in [4.69, 9.17) is 43.4 Å². The van der Waals surface area contributed by atoms with E-state index < -0.39 is 39.6 Å². The van der Waals surface area contributed by atoms with E-state index in [1.54, 1.807) is 26.0 Å². The molecule has 1 saturated heterocycles. The standard InChI is InChI=1S/C20H22O4.C19H19NO2.C18H18O2.C15H21BO3.C10H9F3O4S.C9H10O2.C8H10O/c1-12-6-7-13(2)18(19(21)20(22)23-3)17(12)15-8-9-16-14(11-15)5-4-10-24-16;1-12-5-6-13(2)19(16(21)11-20)18(12)15-7-8-17-14(10-15)4-3-9-22-17;1-12-5-6-13(2)18(16(12)11-19)15-7-8-17-14(10-15)4-3-9-20-17;1-14(2)15(3,4)19-16(18-14)12-7-8-13-11(10-12)6-5-9-17-13;1-6-3-4-7(2)9(8(6)5-14)17-18(15,16)10(11,12)13;1-6-3-4-7(2)9(11)8(6)5-10;1-6-3-4-7(2)8(9)5-6/h6-9,11,19,21H,4-5,10H2,1-3H3;5-8,10,16,21H,3-4,9H2,1-2H3;5-8,10-11H,3-4,9H2,1-2H3;7-8,10H,5-6,9H2,1-4H3;3-5H,1-2H3;3-5,11H,1-2H3;3-5,9H,1-2H3. The van der Waals surface area contributed by atoms with Crippen molar-refractivity contribution in [3.63, 3.8) is 0 Å². The number of fused-ring (bicyclic) bond motifs is 4. The first kappa shape index (κ1) is 95.3. The quantitative estimate of drug-likeness (QED) is 0.0221. The van der Waals surface area contributed by atoms with Gasteiger partial charge >= 0.3 is 28.7 Å². The van der Waals surface area contributed by atoms with Crippen LogP contribution < -0.4 is 28.6 Å². The maximum Gasteiger partial charge on any atom is 0.534 e. The van der Waals surface area contributed by atoms with Gasteiger partial charge in [0, 0.05) is 16.7 Å². The highest BCUT2D eigenvalue weighted by molar-refractivity contribution is 7.88. The number of hydrogen-bond donors (Lipinski definition) is 4. The highest BCUT2D eigenvalue weighted by Crippen LogP contribution is 2.43. The summed E-state index contributed by atoms with van der Waals surface area (Å²) in [6.07, 6.45) is 7.76. The molecular weight excluding hydrogens is 1590 g/mol. The molecule has 15 rings (SSSR count). The number of alkyl halides is 3. The molecule has 0 bridgehead atoms. The number of nitriles is 1. The molecule has 0 spiro atoms. The number of ether oxygens (including phenoxy) is 5. The molecular formula is C99H109BF3NO18S. The number of methoxy groups -OCH3 is 1. The Morgan fingerprint density at radius 3 is 1.25 bits per heavy atom. The number of nitrogens with zero attached hydrogens (tertiary/aromatic N) is 1. The van der Waals surface area contributed by atoms with Crippen LogP contribution in [0.4, 0.5) is 13.2 Å². The van der Waals surface area contributed by atoms with Gasteiger partial charge in [0.15, 0.2) is 36.8 Å². The van der Waals surface area contributed by atoms with Gasteiger partial charge in [-0.2, -0.15) is 26.9 Å². The van der Waals surface area contributed by atoms with Crippen molar-refractivity contribution < 1.29 is 98.4 Å². The molecule has 1 fully saturated rings. The van der Waals surface area contributed by atoms with Crippen LogP contribution in [0.1, 0.15) is 197 Å². The second-order valence-corrected chi connectivity index (χ2v) is 33.7. The largest absolute Gasteiger partial charge is 0.534 e. The fourth-order valence-electron chi connectivity index (χ4n) is 14.8. The minimum atomic E-state index is -5.78. The third-order valence-corrected chi connectivity index (χ3v) is 23.6. The smallest absolute Gasteiger partial charge is 0.508 e. The molecule has 0 aromatic heterocycles. The van der Waals surface area contributed by atoms with Crippen molar-refractivity contribution in [3.8, 4) is 79.7 Å². The number of benzene rings is 10. The van der Waals surface area contributed by atoms with E-state index in [1.807, 2.05) is 146 Å². The van der Waals surface area contributed by atoms with Gasteiger partial charge in [0.05, 0.1) is 61.9 Å². The molecule has 0 saturated carbocycles. The van der Waals surface area contributed by atoms with Crippen molar-refractivity contribution >= 4 is 47.5 Å². The summed E-state index contributed by atoms with van der Waals surface area (Å²) in [4.78, 5) is 44.6. The molecule has 5 aliphatic rings. The molecule has 648 valence electrons. The van der Waals surface area contributed by atoms with Crippen molar-refractivity contribution in [2.45, 2.75) is 191 Å². The number of carbonyl (C=O) groups is 4. The second-order valence-electron chi connectivity index (χ2n) is 32.2. The number of aliphatic hydroxyl groups is 2. The maximum atomic E-state index is 12.2. The van der Waals surface area contributed by atoms with Gasteiger partial charge in [0.2, 0.25) is 0 Å². The lowest BCUT2D eigenvalue weighted by Crippen LogP contribution is -2.41. The lowest BCUT2D eigenvalue weighted by Gasteiger charge is -2.32. The van der Waals surface area contributed by atoms with E-state index in [-0.39, 0.29) is 41.5 Å². The molecule has 4 N–H and O–H groups in total. The van der Waals surface area contributed by atoms with Gasteiger partial charge in [-0.1, -0.05) is 103 Å². The SMILES string of the molecule is CC1(C)OB(c2ccc3c(c2)CCCO3)OC1(C)C.COC(=O)C(O)c1c(C)ccc(C)c1-c1ccc2c(c1)CCCO2.Cc1ccc(C)c(-c2ccc3c(c2)CCCO3)c1C=O.Cc1ccc(C)c(C(O)C#N)c1-c1ccc2c(c1)CCCO2.Cc1ccc(C)c(C=O)c1O.Cc1ccc(C)c(O)c1.Cc1ccc(C)c(OS(=O)(=O)C(F)(F)F)c1C=O. The van der Waals surface area contributed by atoms with Gasteiger partial charge in [0.1, 0.15) is 34.5 Å². The number of carbonyl (C=O) groups excluding carboxylic acids is 4. The molecule has 10 aromatic rings. The summed E-state index contributed by atoms with van der Waals surface area (Å²) in [7, 11) is -4.78. The van der Waals surface area contributed by atoms with Crippen LogP contribution in [-0.2, 0) is 54.6 Å². The lowest BCUT2D eigenvalue weighted by molar-refractivity contribution is -0.150. The first-order valence-corrected chi connectivity index (χ1v) is 42.2. The lowest BCUT2D eigenvalue weighted by atomic mass is 9.78. The number of aldehydes is 3. The normalized spacial score (nSPS) is 14.7. The molecule has 2 unspecified atom stereocenters. The van der Waals surface area contributed by atoms with E-state index in [1.165, 1.54) is 49.8 Å². The Hall–Kier alpha value is -11.6. The Morgan fingerprint density at radius 1 is 0.472 bits per heavy atom. The Balaban J connectivity index is 0.000000166. The summed E-state index contributed by atoms with van der Waals surface area (Å²) >= 11 is 0. The number of aryl methyl sites for hydroxylation is 16. The van der Waals surface area contributed by atoms with Crippen molar-refractivity contribution in [1.29, 1.82) is 5.26 Å². The molecule has 5 heterocycles. The minimum Gasteiger partial charge on any atom is -0.508 e. The van der Waals surface area contributed by atoms with Gasteiger partial charge in [-0.15, -0.1) is 0 Å². The van der Waals surface area contributed by atoms with Crippen molar-refractivity contribution in [2.75, 3.05) is 33.5 Å². The summed E-state index contributed by atoms with van der Waals surface area (Å²) in [6, 6.07) is 50.7. The van der Waals surface area contributed by atoms with Crippen molar-refractivity contribution in [3.05, 3.63) is 268 Å². The van der Waals surface area contributed by atoms with Crippen LogP contribution in [-0.4, -0.2) is 111 Å². The van der Waals surface area contributed by atoms with Crippen molar-refractivity contribution in [2.24, 2.45) is 0 Å². The number of rotatable bonds is 12. The first-order valence-electron chi connectivity index (χ1n) is 40.8. The third kappa shape index (κ3) is 23.0. The number of hydrogen-bond acceptors (Lipinski definition) is 19. The Morgan fingerprint density at radius 2 is 0.837 bits per heavy atom. The minimum absolute atomic E-state index is 0.0972. The monoisotopic (exact) mass is 1700 g/mol. The molecule has 24 heteroatoms. The van der Waals surface area contributed by atoms with E-state index in [9.17, 15) is 56.1 Å². The van der Waals surface area contributed by atoms with E-state index in [2.05, 4.69) is 75.2 Å². The molecule has 10 aromatic carbocycles. The topological polar surface area (TPSA) is 281 Å². The first-order chi connectivity index (χ1) is 58.2. The van der Waals surface area contributed by atoms with Crippen LogP contribution in [0, 0.1) is 94.4 Å². The predicted molar refractivity (Wildman–Crippen MR) is 472 cm³/mol. The fraction of sp³-hybridized carbons (Fsp3) is 0.343. The highest BCUT2D eigenvalue weighted by atomic mass is 32.2. The van der Waals surface area contributed by atoms with E-state index in [0.29, 0.717) is 34.3 Å². The van der Waals surface area contributed by atoms with Crippen LogP contribution >= 0.6 is 0 Å². The summed E-state index contributed by atoms with van der Waals surface area (Å²) in [5, 5.41) is 48.2. The number of phenols is 2. The average Bonchev–Trinajstić information content (AvgIpc) is 1.64. The van der Waals surface area contributed by atoms with E-state index in [0.717, 1.165) is 213 Å². The van der Waals surface area contributed by atoms with Crippen LogP contribution in [0.3, 0.4) is 0 Å². The summed E-state index contributed by atoms with van der Waals surface area (Å²) in [5.74, 6) is 3.10. The predicted octanol–water partition coefficient (Wildman–Crippen LogP) is 19.9. The molecule has 123 heavy (non-hydrogen) atoms. The Kier molecular flexibility index (Phi) is 32.2. The number of esters is 1. The molecule has 19 nitrogen and oxygen atoms in total. The zero-order valence-electron chi connectivity index (χ0n) is 72.9. The van der Waals surface area contributed by atoms with Gasteiger partial charge in [-0.3, -0.25) is 14.4 Å². The van der Waals surface area contributed by atoms with Gasteiger partial charge < -0.3 is 57.6 Å². The number of phenolic OH excluding ortho intramolecular Hbond substituents is 2. The van der Waals surface area contributed by atoms with Crippen LogP contribution in [0.25, 0.3) is 33.4 Å². The van der Waals surface area contributed by atoms with Gasteiger partial charge in [0.25, 0.3) is 0 Å². The Bertz CT molecular complexity index is 5680. The summed E-state index contributed by atoms with van der Waals surface area (Å²) in [6.45, 7) is 33.5. The van der Waals surface area contributed by atoms with Crippen LogP contribution in [0.15, 0.2) is 152 Å². The second kappa shape index (κ2) is 41.5. The molecule has 0 aliphatic carbocycles. The van der Waals surface area contributed by atoms with Gasteiger partial charge in [-0.25, -0.2) is 4.79 Å². The number of aromatic hydroxyl groups is 2.